The van der Waals surface area contributed by atoms with Gasteiger partial charge in [0.1, 0.15) is 27.0 Å². The van der Waals surface area contributed by atoms with E-state index in [0.29, 0.717) is 12.1 Å². The summed E-state index contributed by atoms with van der Waals surface area (Å²) in [5.41, 5.74) is 3.81. The molecule has 0 bridgehead atoms. The summed E-state index contributed by atoms with van der Waals surface area (Å²) >= 11 is 14.6. The van der Waals surface area contributed by atoms with Crippen LogP contribution in [-0.4, -0.2) is 9.17 Å². The second-order valence-electron chi connectivity index (χ2n) is 3.63. The van der Waals surface area contributed by atoms with Crippen LogP contribution in [0.3, 0.4) is 0 Å². The fraction of sp³-hybridized carbons (Fsp3) is 0.0909. The molecule has 0 atom stereocenters. The molecule has 22 heavy (non-hydrogen) atoms. The molecule has 3 N–H and O–H groups in total. The van der Waals surface area contributed by atoms with Crippen LogP contribution in [0.5, 0.6) is 0 Å². The standard InChI is InChI=1S/C11H5BrCl2F3N3OS/c12-10(9(22-21)7(19)3-18)20-8-5(13)1-4(2-6(8)14)11(15,16)17/h1-2,21H,19H2. The van der Waals surface area contributed by atoms with Crippen LogP contribution in [0.4, 0.5) is 18.9 Å². The number of halogens is 6. The minimum absolute atomic E-state index is 0.109. The van der Waals surface area contributed by atoms with E-state index in [4.69, 9.17) is 38.8 Å². The summed E-state index contributed by atoms with van der Waals surface area (Å²) < 4.78 is 46.8. The number of allylic oxidation sites excluding steroid dienone is 2. The van der Waals surface area contributed by atoms with Crippen LogP contribution in [0.1, 0.15) is 5.56 Å². The summed E-state index contributed by atoms with van der Waals surface area (Å²) in [5, 5.41) is 7.97. The third-order valence-electron chi connectivity index (χ3n) is 2.20. The van der Waals surface area contributed by atoms with Gasteiger partial charge in [0.15, 0.2) is 0 Å². The number of nitrogens with zero attached hydrogens (tertiary/aromatic N) is 2. The number of nitrogens with two attached hydrogens (primary N) is 1. The molecular formula is C11H5BrCl2F3N3OS. The minimum atomic E-state index is -4.61. The molecule has 1 aromatic carbocycles. The molecule has 0 aromatic heterocycles. The molecular weight excluding hydrogens is 430 g/mol. The van der Waals surface area contributed by atoms with Gasteiger partial charge < -0.3 is 10.3 Å². The van der Waals surface area contributed by atoms with Gasteiger partial charge in [0.25, 0.3) is 0 Å². The zero-order valence-corrected chi connectivity index (χ0v) is 14.2. The molecule has 0 amide bonds. The first kappa shape index (κ1) is 19.1. The van der Waals surface area contributed by atoms with Crippen molar-refractivity contribution in [1.29, 1.82) is 5.26 Å². The molecule has 1 aromatic rings. The lowest BCUT2D eigenvalue weighted by molar-refractivity contribution is -0.137. The molecule has 0 aliphatic rings. The summed E-state index contributed by atoms with van der Waals surface area (Å²) in [7, 11) is 0. The Labute approximate surface area is 145 Å². The average Bonchev–Trinajstić information content (AvgIpc) is 2.42. The van der Waals surface area contributed by atoms with Crippen molar-refractivity contribution in [3.05, 3.63) is 38.3 Å². The number of benzene rings is 1. The smallest absolute Gasteiger partial charge is 0.389 e. The highest BCUT2D eigenvalue weighted by Crippen LogP contribution is 2.40. The zero-order valence-electron chi connectivity index (χ0n) is 10.2. The number of hydrogen-bond donors (Lipinski definition) is 2. The van der Waals surface area contributed by atoms with Gasteiger partial charge in [-0.15, -0.1) is 0 Å². The summed E-state index contributed by atoms with van der Waals surface area (Å²) in [5.74, 6) is 0. The van der Waals surface area contributed by atoms with Gasteiger partial charge in [-0.1, -0.05) is 23.2 Å². The summed E-state index contributed by atoms with van der Waals surface area (Å²) in [4.78, 5) is 3.72. The van der Waals surface area contributed by atoms with E-state index in [0.717, 1.165) is 0 Å². The molecule has 11 heteroatoms. The first-order valence-electron chi connectivity index (χ1n) is 5.13. The van der Waals surface area contributed by atoms with Crippen LogP contribution in [0.25, 0.3) is 0 Å². The predicted octanol–water partition coefficient (Wildman–Crippen LogP) is 5.34. The van der Waals surface area contributed by atoms with Gasteiger partial charge in [0.2, 0.25) is 0 Å². The highest BCUT2D eigenvalue weighted by atomic mass is 79.9. The SMILES string of the molecule is N#CC(N)=C(SO)C(Br)=Nc1c(Cl)cc(C(F)(F)F)cc1Cl. The van der Waals surface area contributed by atoms with Gasteiger partial charge in [-0.05, 0) is 28.1 Å². The minimum Gasteiger partial charge on any atom is -0.389 e. The number of rotatable bonds is 3. The van der Waals surface area contributed by atoms with E-state index in [1.54, 1.807) is 6.07 Å². The van der Waals surface area contributed by atoms with Crippen LogP contribution < -0.4 is 5.73 Å². The molecule has 118 valence electrons. The maximum atomic E-state index is 12.6. The van der Waals surface area contributed by atoms with E-state index < -0.39 is 11.7 Å². The number of alkyl halides is 3. The van der Waals surface area contributed by atoms with Crippen LogP contribution >= 0.6 is 51.2 Å². The number of hydrogen-bond acceptors (Lipinski definition) is 5. The number of nitriles is 1. The maximum absolute atomic E-state index is 12.6. The van der Waals surface area contributed by atoms with Crippen molar-refractivity contribution in [2.75, 3.05) is 0 Å². The Morgan fingerprint density at radius 1 is 1.36 bits per heavy atom. The van der Waals surface area contributed by atoms with E-state index in [9.17, 15) is 13.2 Å². The van der Waals surface area contributed by atoms with Crippen molar-refractivity contribution in [3.63, 3.8) is 0 Å². The Morgan fingerprint density at radius 3 is 2.23 bits per heavy atom. The van der Waals surface area contributed by atoms with Gasteiger partial charge in [0, 0.05) is 12.0 Å². The fourth-order valence-electron chi connectivity index (χ4n) is 1.23. The summed E-state index contributed by atoms with van der Waals surface area (Å²) in [6, 6.07) is 2.92. The second-order valence-corrected chi connectivity index (χ2v) is 5.79. The molecule has 0 heterocycles. The zero-order chi connectivity index (χ0) is 17.1. The quantitative estimate of drug-likeness (QED) is 0.382. The lowest BCUT2D eigenvalue weighted by atomic mass is 10.2. The maximum Gasteiger partial charge on any atom is 0.416 e. The lowest BCUT2D eigenvalue weighted by Gasteiger charge is -2.10. The molecule has 0 aliphatic heterocycles. The first-order chi connectivity index (χ1) is 10.1. The molecule has 0 unspecified atom stereocenters. The Bertz CT molecular complexity index is 678. The third-order valence-corrected chi connectivity index (χ3v) is 4.21. The van der Waals surface area contributed by atoms with Crippen LogP contribution in [0.2, 0.25) is 10.0 Å². The molecule has 0 spiro atoms. The lowest BCUT2D eigenvalue weighted by Crippen LogP contribution is -2.05. The molecule has 0 saturated carbocycles. The van der Waals surface area contributed by atoms with Crippen LogP contribution in [0.15, 0.2) is 27.7 Å². The number of aliphatic imine (C=N–C) groups is 1. The van der Waals surface area contributed by atoms with Gasteiger partial charge in [-0.2, -0.15) is 18.4 Å². The van der Waals surface area contributed by atoms with Crippen molar-refractivity contribution in [2.24, 2.45) is 10.7 Å². The van der Waals surface area contributed by atoms with Gasteiger partial charge in [0.05, 0.1) is 15.6 Å². The predicted molar refractivity (Wildman–Crippen MR) is 84.5 cm³/mol. The summed E-state index contributed by atoms with van der Waals surface area (Å²) in [6.45, 7) is 0. The van der Waals surface area contributed by atoms with E-state index in [2.05, 4.69) is 20.9 Å². The normalized spacial score (nSPS) is 13.6. The molecule has 0 fully saturated rings. The highest BCUT2D eigenvalue weighted by molar-refractivity contribution is 9.18. The Balaban J connectivity index is 3.42. The van der Waals surface area contributed by atoms with E-state index in [-0.39, 0.29) is 43.0 Å². The Morgan fingerprint density at radius 2 is 1.86 bits per heavy atom. The van der Waals surface area contributed by atoms with E-state index >= 15 is 0 Å². The van der Waals surface area contributed by atoms with Crippen molar-refractivity contribution < 1.29 is 17.7 Å². The second kappa shape index (κ2) is 7.57. The van der Waals surface area contributed by atoms with Gasteiger partial charge in [-0.3, -0.25) is 0 Å². The molecule has 0 aliphatic carbocycles. The fourth-order valence-corrected chi connectivity index (χ4v) is 2.68. The van der Waals surface area contributed by atoms with Gasteiger partial charge >= 0.3 is 6.18 Å². The first-order valence-corrected chi connectivity index (χ1v) is 7.46. The largest absolute Gasteiger partial charge is 0.416 e. The third kappa shape index (κ3) is 4.54. The topological polar surface area (TPSA) is 82.4 Å². The van der Waals surface area contributed by atoms with Crippen molar-refractivity contribution >= 4 is 61.5 Å². The van der Waals surface area contributed by atoms with Crippen molar-refractivity contribution in [3.8, 4) is 6.07 Å². The Kier molecular flexibility index (Phi) is 6.58. The average molecular weight is 435 g/mol. The van der Waals surface area contributed by atoms with E-state index in [1.165, 1.54) is 0 Å². The van der Waals surface area contributed by atoms with Crippen molar-refractivity contribution in [2.45, 2.75) is 6.18 Å². The summed E-state index contributed by atoms with van der Waals surface area (Å²) in [6.07, 6.45) is -4.61. The van der Waals surface area contributed by atoms with Crippen LogP contribution in [0, 0.1) is 11.3 Å². The molecule has 0 saturated heterocycles. The highest BCUT2D eigenvalue weighted by Gasteiger charge is 2.32. The monoisotopic (exact) mass is 433 g/mol. The molecule has 1 rings (SSSR count). The Hall–Kier alpha value is -0.920. The molecule has 0 radical (unpaired) electrons. The van der Waals surface area contributed by atoms with Crippen LogP contribution in [-0.2, 0) is 6.18 Å². The molecule has 4 nitrogen and oxygen atoms in total. The van der Waals surface area contributed by atoms with E-state index in [1.807, 2.05) is 0 Å². The van der Waals surface area contributed by atoms with Crippen molar-refractivity contribution in [1.82, 2.24) is 0 Å². The van der Waals surface area contributed by atoms with Gasteiger partial charge in [-0.25, -0.2) is 4.99 Å².